The highest BCUT2D eigenvalue weighted by molar-refractivity contribution is 5.72. The summed E-state index contributed by atoms with van der Waals surface area (Å²) in [6, 6.07) is 13.2. The van der Waals surface area contributed by atoms with Crippen LogP contribution in [0.4, 0.5) is 0 Å². The topological polar surface area (TPSA) is 103 Å². The highest BCUT2D eigenvalue weighted by Gasteiger charge is 2.28. The van der Waals surface area contributed by atoms with Crippen LogP contribution in [0.3, 0.4) is 0 Å². The van der Waals surface area contributed by atoms with Gasteiger partial charge in [0.15, 0.2) is 11.5 Å². The van der Waals surface area contributed by atoms with Gasteiger partial charge in [-0.2, -0.15) is 0 Å². The van der Waals surface area contributed by atoms with Gasteiger partial charge in [-0.15, -0.1) is 0 Å². The van der Waals surface area contributed by atoms with Crippen LogP contribution in [0.1, 0.15) is 34.7 Å². The highest BCUT2D eigenvalue weighted by Crippen LogP contribution is 2.42. The summed E-state index contributed by atoms with van der Waals surface area (Å²) in [6.07, 6.45) is 0.467. The van der Waals surface area contributed by atoms with Crippen molar-refractivity contribution in [1.29, 1.82) is 0 Å². The summed E-state index contributed by atoms with van der Waals surface area (Å²) in [5.41, 5.74) is 2.55. The van der Waals surface area contributed by atoms with E-state index in [4.69, 9.17) is 18.9 Å². The van der Waals surface area contributed by atoms with Gasteiger partial charge >= 0.3 is 5.97 Å². The van der Waals surface area contributed by atoms with Crippen molar-refractivity contribution in [2.24, 2.45) is 0 Å². The smallest absolute Gasteiger partial charge is 0.306 e. The van der Waals surface area contributed by atoms with Gasteiger partial charge in [-0.25, -0.2) is 0 Å². The summed E-state index contributed by atoms with van der Waals surface area (Å²) >= 11 is 0. The summed E-state index contributed by atoms with van der Waals surface area (Å²) in [4.78, 5) is 25.1. The number of methoxy groups -OCH3 is 4. The number of aromatic amines is 2. The minimum atomic E-state index is -0.588. The molecule has 0 aliphatic carbocycles. The molecule has 1 heterocycles. The van der Waals surface area contributed by atoms with Crippen LogP contribution in [0, 0.1) is 0 Å². The summed E-state index contributed by atoms with van der Waals surface area (Å²) in [5, 5.41) is 5.63. The van der Waals surface area contributed by atoms with Crippen molar-refractivity contribution in [3.63, 3.8) is 0 Å². The SMILES string of the molecule is COC(=O)C[C@H](c1cc(OC)c(OC)c(OC)c1)c1c(Cc2ccccc2)[nH][nH]c1=O. The third kappa shape index (κ3) is 4.74. The maximum atomic E-state index is 12.8. The van der Waals surface area contributed by atoms with Crippen LogP contribution in [0.25, 0.3) is 0 Å². The predicted octanol–water partition coefficient (Wildman–Crippen LogP) is 3.01. The first kappa shape index (κ1) is 22.0. The van der Waals surface area contributed by atoms with Crippen molar-refractivity contribution in [1.82, 2.24) is 10.2 Å². The molecule has 2 aromatic carbocycles. The molecule has 0 aliphatic rings. The number of nitrogens with one attached hydrogen (secondary N) is 2. The Kier molecular flexibility index (Phi) is 7.02. The molecule has 0 fully saturated rings. The van der Waals surface area contributed by atoms with Gasteiger partial charge in [0.2, 0.25) is 5.75 Å². The van der Waals surface area contributed by atoms with Gasteiger partial charge in [-0.1, -0.05) is 30.3 Å². The fraction of sp³-hybridized carbons (Fsp3) is 0.304. The third-order valence-corrected chi connectivity index (χ3v) is 5.16. The van der Waals surface area contributed by atoms with E-state index in [1.54, 1.807) is 12.1 Å². The summed E-state index contributed by atoms with van der Waals surface area (Å²) in [5.74, 6) is 0.268. The average Bonchev–Trinajstić information content (AvgIpc) is 3.16. The van der Waals surface area contributed by atoms with Crippen LogP contribution in [0.2, 0.25) is 0 Å². The Morgan fingerprint density at radius 1 is 0.935 bits per heavy atom. The minimum absolute atomic E-state index is 0.0299. The summed E-state index contributed by atoms with van der Waals surface area (Å²) < 4.78 is 21.2. The molecular formula is C23H26N2O6. The van der Waals surface area contributed by atoms with Crippen LogP contribution in [-0.4, -0.2) is 44.6 Å². The average molecular weight is 426 g/mol. The van der Waals surface area contributed by atoms with E-state index in [0.29, 0.717) is 40.5 Å². The van der Waals surface area contributed by atoms with E-state index >= 15 is 0 Å². The molecule has 3 rings (SSSR count). The number of esters is 1. The monoisotopic (exact) mass is 426 g/mol. The Bertz CT molecular complexity index is 1060. The molecule has 0 spiro atoms. The van der Waals surface area contributed by atoms with Crippen molar-refractivity contribution in [3.8, 4) is 17.2 Å². The van der Waals surface area contributed by atoms with E-state index in [9.17, 15) is 9.59 Å². The van der Waals surface area contributed by atoms with Crippen LogP contribution >= 0.6 is 0 Å². The van der Waals surface area contributed by atoms with Crippen molar-refractivity contribution >= 4 is 5.97 Å². The number of carbonyl (C=O) groups is 1. The van der Waals surface area contributed by atoms with Crippen molar-refractivity contribution in [2.45, 2.75) is 18.8 Å². The van der Waals surface area contributed by atoms with Gasteiger partial charge in [0, 0.05) is 23.6 Å². The van der Waals surface area contributed by atoms with Gasteiger partial charge in [0.1, 0.15) is 0 Å². The molecule has 164 valence electrons. The number of carbonyl (C=O) groups excluding carboxylic acids is 1. The molecule has 0 radical (unpaired) electrons. The first-order chi connectivity index (χ1) is 15.0. The van der Waals surface area contributed by atoms with Crippen molar-refractivity contribution in [2.75, 3.05) is 28.4 Å². The summed E-state index contributed by atoms with van der Waals surface area (Å²) in [6.45, 7) is 0. The van der Waals surface area contributed by atoms with Crippen molar-refractivity contribution < 1.29 is 23.7 Å². The standard InChI is InChI=1S/C23H26N2O6/c1-28-18-11-15(12-19(29-2)22(18)31-4)16(13-20(26)30-3)21-17(24-25-23(21)27)10-14-8-6-5-7-9-14/h5-9,11-12,16H,10,13H2,1-4H3,(H2,24,25,27)/t16-/m1/s1. The molecule has 0 saturated carbocycles. The lowest BCUT2D eigenvalue weighted by Crippen LogP contribution is -2.18. The lowest BCUT2D eigenvalue weighted by atomic mass is 9.87. The normalized spacial score (nSPS) is 11.6. The van der Waals surface area contributed by atoms with E-state index < -0.39 is 11.9 Å². The molecule has 8 heteroatoms. The molecule has 2 N–H and O–H groups in total. The molecular weight excluding hydrogens is 400 g/mol. The van der Waals surface area contributed by atoms with Gasteiger partial charge in [-0.3, -0.25) is 14.7 Å². The van der Waals surface area contributed by atoms with Gasteiger partial charge < -0.3 is 24.0 Å². The fourth-order valence-electron chi connectivity index (χ4n) is 3.65. The van der Waals surface area contributed by atoms with E-state index in [1.807, 2.05) is 30.3 Å². The Balaban J connectivity index is 2.15. The molecule has 31 heavy (non-hydrogen) atoms. The Morgan fingerprint density at radius 2 is 1.58 bits per heavy atom. The molecule has 0 saturated heterocycles. The number of benzene rings is 2. The number of hydrogen-bond donors (Lipinski definition) is 2. The molecule has 0 bridgehead atoms. The molecule has 8 nitrogen and oxygen atoms in total. The number of ether oxygens (including phenoxy) is 4. The lowest BCUT2D eigenvalue weighted by Gasteiger charge is -2.20. The van der Waals surface area contributed by atoms with E-state index in [2.05, 4.69) is 10.2 Å². The first-order valence-corrected chi connectivity index (χ1v) is 9.72. The third-order valence-electron chi connectivity index (χ3n) is 5.16. The van der Waals surface area contributed by atoms with Crippen LogP contribution in [0.15, 0.2) is 47.3 Å². The number of H-pyrrole nitrogens is 2. The van der Waals surface area contributed by atoms with Gasteiger partial charge in [0.25, 0.3) is 5.56 Å². The van der Waals surface area contributed by atoms with E-state index in [0.717, 1.165) is 5.56 Å². The van der Waals surface area contributed by atoms with E-state index in [1.165, 1.54) is 28.4 Å². The van der Waals surface area contributed by atoms with E-state index in [-0.39, 0.29) is 12.0 Å². The predicted molar refractivity (Wildman–Crippen MR) is 115 cm³/mol. The Labute approximate surface area is 180 Å². The van der Waals surface area contributed by atoms with Gasteiger partial charge in [0.05, 0.1) is 34.9 Å². The second kappa shape index (κ2) is 9.88. The minimum Gasteiger partial charge on any atom is -0.493 e. The van der Waals surface area contributed by atoms with Crippen molar-refractivity contribution in [3.05, 3.63) is 75.2 Å². The van der Waals surface area contributed by atoms with Gasteiger partial charge in [-0.05, 0) is 23.3 Å². The molecule has 0 unspecified atom stereocenters. The van der Waals surface area contributed by atoms with Crippen LogP contribution in [0.5, 0.6) is 17.2 Å². The summed E-state index contributed by atoms with van der Waals surface area (Å²) in [7, 11) is 5.86. The lowest BCUT2D eigenvalue weighted by molar-refractivity contribution is -0.140. The highest BCUT2D eigenvalue weighted by atomic mass is 16.5. The molecule has 0 amide bonds. The Hall–Kier alpha value is -3.68. The second-order valence-electron chi connectivity index (χ2n) is 6.93. The molecule has 1 atom stereocenters. The zero-order valence-electron chi connectivity index (χ0n) is 18.0. The quantitative estimate of drug-likeness (QED) is 0.510. The second-order valence-corrected chi connectivity index (χ2v) is 6.93. The number of rotatable bonds is 9. The first-order valence-electron chi connectivity index (χ1n) is 9.72. The van der Waals surface area contributed by atoms with Crippen LogP contribution < -0.4 is 19.8 Å². The number of aromatic nitrogens is 2. The Morgan fingerprint density at radius 3 is 2.13 bits per heavy atom. The molecule has 3 aromatic rings. The largest absolute Gasteiger partial charge is 0.493 e. The maximum Gasteiger partial charge on any atom is 0.306 e. The molecule has 0 aliphatic heterocycles. The zero-order chi connectivity index (χ0) is 22.4. The maximum absolute atomic E-state index is 12.8. The van der Waals surface area contributed by atoms with Crippen LogP contribution in [-0.2, 0) is 16.0 Å². The molecule has 1 aromatic heterocycles. The number of hydrogen-bond acceptors (Lipinski definition) is 6. The fourth-order valence-corrected chi connectivity index (χ4v) is 3.65. The zero-order valence-corrected chi connectivity index (χ0v) is 18.0.